The first-order valence-electron chi connectivity index (χ1n) is 8.01. The molecule has 0 spiro atoms. The largest absolute Gasteiger partial charge is 0.444 e. The van der Waals surface area contributed by atoms with E-state index in [1.165, 1.54) is 0 Å². The van der Waals surface area contributed by atoms with Crippen molar-refractivity contribution in [3.8, 4) is 0 Å². The van der Waals surface area contributed by atoms with E-state index in [4.69, 9.17) is 4.74 Å². The van der Waals surface area contributed by atoms with Gasteiger partial charge in [0.1, 0.15) is 5.60 Å². The molecule has 0 aromatic rings. The van der Waals surface area contributed by atoms with Gasteiger partial charge in [0.05, 0.1) is 0 Å². The van der Waals surface area contributed by atoms with Crippen LogP contribution in [0.3, 0.4) is 0 Å². The molecule has 7 heteroatoms. The third kappa shape index (κ3) is 12.7. The van der Waals surface area contributed by atoms with Gasteiger partial charge in [0.2, 0.25) is 0 Å². The molecule has 23 heavy (non-hydrogen) atoms. The second kappa shape index (κ2) is 9.60. The number of carbonyl (C=O) groups excluding carboxylic acids is 1. The molecule has 1 amide bonds. The Kier molecular flexibility index (Phi) is 8.97. The standard InChI is InChI=1S/C16H35N5O2/c1-15(2,3)23-14(22)19-10-9-18-13(17-6)20-11-16(4,5)12-21(7)8/h9-12H2,1-8H3,(H,19,22)(H2,17,18,20). The highest BCUT2D eigenvalue weighted by molar-refractivity contribution is 5.79. The average Bonchev–Trinajstić information content (AvgIpc) is 2.34. The van der Waals surface area contributed by atoms with Crippen LogP contribution in [-0.2, 0) is 4.74 Å². The number of aliphatic imine (C=N–C) groups is 1. The second-order valence-electron chi connectivity index (χ2n) is 7.68. The monoisotopic (exact) mass is 329 g/mol. The van der Waals surface area contributed by atoms with E-state index in [1.54, 1.807) is 7.05 Å². The van der Waals surface area contributed by atoms with Gasteiger partial charge >= 0.3 is 6.09 Å². The topological polar surface area (TPSA) is 78.0 Å². The van der Waals surface area contributed by atoms with E-state index in [0.717, 1.165) is 19.0 Å². The van der Waals surface area contributed by atoms with Gasteiger partial charge in [-0.1, -0.05) is 13.8 Å². The van der Waals surface area contributed by atoms with Gasteiger partial charge in [0.15, 0.2) is 5.96 Å². The Morgan fingerprint density at radius 1 is 1.04 bits per heavy atom. The summed E-state index contributed by atoms with van der Waals surface area (Å²) in [6.45, 7) is 12.8. The van der Waals surface area contributed by atoms with Crippen molar-refractivity contribution in [3.63, 3.8) is 0 Å². The van der Waals surface area contributed by atoms with Crippen molar-refractivity contribution in [1.29, 1.82) is 0 Å². The normalized spacial score (nSPS) is 13.0. The van der Waals surface area contributed by atoms with Crippen LogP contribution in [0.25, 0.3) is 0 Å². The zero-order chi connectivity index (χ0) is 18.1. The van der Waals surface area contributed by atoms with E-state index in [9.17, 15) is 4.79 Å². The number of nitrogens with one attached hydrogen (secondary N) is 3. The summed E-state index contributed by atoms with van der Waals surface area (Å²) in [7, 11) is 5.86. The van der Waals surface area contributed by atoms with Gasteiger partial charge < -0.3 is 25.6 Å². The molecule has 0 rings (SSSR count). The second-order valence-corrected chi connectivity index (χ2v) is 7.68. The number of guanidine groups is 1. The fourth-order valence-corrected chi connectivity index (χ4v) is 2.12. The molecule has 3 N–H and O–H groups in total. The highest BCUT2D eigenvalue weighted by Crippen LogP contribution is 2.13. The third-order valence-corrected chi connectivity index (χ3v) is 2.79. The summed E-state index contributed by atoms with van der Waals surface area (Å²) in [4.78, 5) is 17.9. The van der Waals surface area contributed by atoms with Crippen molar-refractivity contribution in [1.82, 2.24) is 20.9 Å². The molecule has 0 aromatic carbocycles. The van der Waals surface area contributed by atoms with Gasteiger partial charge in [-0.05, 0) is 40.3 Å². The van der Waals surface area contributed by atoms with Crippen LogP contribution in [0, 0.1) is 5.41 Å². The summed E-state index contributed by atoms with van der Waals surface area (Å²) >= 11 is 0. The summed E-state index contributed by atoms with van der Waals surface area (Å²) in [6, 6.07) is 0. The van der Waals surface area contributed by atoms with Gasteiger partial charge in [-0.3, -0.25) is 4.99 Å². The van der Waals surface area contributed by atoms with E-state index in [-0.39, 0.29) is 5.41 Å². The molecule has 0 fully saturated rings. The number of ether oxygens (including phenoxy) is 1. The van der Waals surface area contributed by atoms with E-state index in [2.05, 4.69) is 53.8 Å². The Balaban J connectivity index is 4.02. The van der Waals surface area contributed by atoms with Crippen molar-refractivity contribution in [3.05, 3.63) is 0 Å². The van der Waals surface area contributed by atoms with E-state index >= 15 is 0 Å². The third-order valence-electron chi connectivity index (χ3n) is 2.79. The van der Waals surface area contributed by atoms with Crippen LogP contribution in [0.5, 0.6) is 0 Å². The average molecular weight is 329 g/mol. The minimum absolute atomic E-state index is 0.135. The number of hydrogen-bond acceptors (Lipinski definition) is 4. The fourth-order valence-electron chi connectivity index (χ4n) is 2.12. The van der Waals surface area contributed by atoms with Gasteiger partial charge in [0, 0.05) is 33.2 Å². The number of rotatable bonds is 7. The molecular weight excluding hydrogens is 294 g/mol. The van der Waals surface area contributed by atoms with Crippen LogP contribution in [0.1, 0.15) is 34.6 Å². The first kappa shape index (κ1) is 21.5. The van der Waals surface area contributed by atoms with Crippen molar-refractivity contribution in [2.75, 3.05) is 47.3 Å². The molecule has 0 aliphatic carbocycles. The first-order valence-corrected chi connectivity index (χ1v) is 8.01. The minimum Gasteiger partial charge on any atom is -0.444 e. The predicted octanol–water partition coefficient (Wildman–Crippen LogP) is 1.26. The molecule has 0 radical (unpaired) electrons. The molecule has 136 valence electrons. The number of alkyl carbamates (subject to hydrolysis) is 1. The molecule has 0 aliphatic heterocycles. The van der Waals surface area contributed by atoms with Gasteiger partial charge in [-0.2, -0.15) is 0 Å². The van der Waals surface area contributed by atoms with Crippen molar-refractivity contribution in [2.24, 2.45) is 10.4 Å². The SMILES string of the molecule is CN=C(NCCNC(=O)OC(C)(C)C)NCC(C)(C)CN(C)C. The molecule has 0 saturated heterocycles. The van der Waals surface area contributed by atoms with Crippen LogP contribution in [0.15, 0.2) is 4.99 Å². The quantitative estimate of drug-likeness (QED) is 0.372. The number of amides is 1. The highest BCUT2D eigenvalue weighted by Gasteiger charge is 2.19. The molecule has 0 atom stereocenters. The van der Waals surface area contributed by atoms with E-state index in [0.29, 0.717) is 13.1 Å². The maximum Gasteiger partial charge on any atom is 0.407 e. The van der Waals surface area contributed by atoms with Gasteiger partial charge in [-0.15, -0.1) is 0 Å². The fraction of sp³-hybridized carbons (Fsp3) is 0.875. The van der Waals surface area contributed by atoms with Crippen LogP contribution < -0.4 is 16.0 Å². The molecule has 0 unspecified atom stereocenters. The molecule has 0 heterocycles. The summed E-state index contributed by atoms with van der Waals surface area (Å²) in [5.41, 5.74) is -0.344. The lowest BCUT2D eigenvalue weighted by Gasteiger charge is -2.29. The number of hydrogen-bond donors (Lipinski definition) is 3. The zero-order valence-electron chi connectivity index (χ0n) is 16.0. The van der Waals surface area contributed by atoms with Crippen LogP contribution in [0.4, 0.5) is 4.79 Å². The molecular formula is C16H35N5O2. The van der Waals surface area contributed by atoms with Crippen LogP contribution in [-0.4, -0.2) is 69.9 Å². The molecule has 0 saturated carbocycles. The molecule has 7 nitrogen and oxygen atoms in total. The molecule has 0 aliphatic rings. The van der Waals surface area contributed by atoms with Crippen LogP contribution >= 0.6 is 0 Å². The lowest BCUT2D eigenvalue weighted by atomic mass is 9.93. The summed E-state index contributed by atoms with van der Waals surface area (Å²) < 4.78 is 5.17. The summed E-state index contributed by atoms with van der Waals surface area (Å²) in [5.74, 6) is 0.725. The molecule has 0 aromatic heterocycles. The maximum atomic E-state index is 11.5. The Bertz CT molecular complexity index is 386. The van der Waals surface area contributed by atoms with Crippen molar-refractivity contribution < 1.29 is 9.53 Å². The van der Waals surface area contributed by atoms with Gasteiger partial charge in [0.25, 0.3) is 0 Å². The summed E-state index contributed by atoms with van der Waals surface area (Å²) in [6.07, 6.45) is -0.408. The van der Waals surface area contributed by atoms with Crippen molar-refractivity contribution in [2.45, 2.75) is 40.2 Å². The Morgan fingerprint density at radius 2 is 1.61 bits per heavy atom. The molecule has 0 bridgehead atoms. The number of carbonyl (C=O) groups is 1. The first-order chi connectivity index (χ1) is 10.4. The smallest absolute Gasteiger partial charge is 0.407 e. The van der Waals surface area contributed by atoms with Crippen molar-refractivity contribution >= 4 is 12.1 Å². The van der Waals surface area contributed by atoms with Crippen LogP contribution in [0.2, 0.25) is 0 Å². The zero-order valence-corrected chi connectivity index (χ0v) is 16.0. The Hall–Kier alpha value is -1.50. The predicted molar refractivity (Wildman–Crippen MR) is 95.9 cm³/mol. The highest BCUT2D eigenvalue weighted by atomic mass is 16.6. The van der Waals surface area contributed by atoms with Gasteiger partial charge in [-0.25, -0.2) is 4.79 Å². The maximum absolute atomic E-state index is 11.5. The summed E-state index contributed by atoms with van der Waals surface area (Å²) in [5, 5.41) is 9.18. The lowest BCUT2D eigenvalue weighted by molar-refractivity contribution is 0.0529. The number of nitrogens with zero attached hydrogens (tertiary/aromatic N) is 2. The minimum atomic E-state index is -0.479. The van der Waals surface area contributed by atoms with E-state index in [1.807, 2.05) is 20.8 Å². The Morgan fingerprint density at radius 3 is 2.09 bits per heavy atom. The van der Waals surface area contributed by atoms with E-state index < -0.39 is 11.7 Å². The Labute approximate surface area is 141 Å². The lowest BCUT2D eigenvalue weighted by Crippen LogP contribution is -2.46.